The Labute approximate surface area is 184 Å². The highest BCUT2D eigenvalue weighted by Crippen LogP contribution is 2.41. The third-order valence-corrected chi connectivity index (χ3v) is 7.81. The number of aryl methyl sites for hydroxylation is 1. The third-order valence-electron chi connectivity index (χ3n) is 6.64. The average Bonchev–Trinajstić information content (AvgIpc) is 3.51. The van der Waals surface area contributed by atoms with Gasteiger partial charge in [-0.2, -0.15) is 0 Å². The second kappa shape index (κ2) is 7.71. The standard InChI is InChI=1S/C24H25N5OS/c30-21(26-11-15-1-2-15)8-4-14-3-6-18-20(9-14)31-24-22(18)23(27-13-28-24)29-17-5-7-19-16(10-17)12-25-19/h5,7,10,12-15H,1-4,6,8-9,11H2,(H,26,30)(H,27,28,29). The van der Waals surface area contributed by atoms with E-state index < -0.39 is 0 Å². The van der Waals surface area contributed by atoms with Crippen LogP contribution in [0, 0.1) is 11.8 Å². The molecule has 1 aliphatic heterocycles. The van der Waals surface area contributed by atoms with E-state index in [0.29, 0.717) is 12.3 Å². The quantitative estimate of drug-likeness (QED) is 0.602. The van der Waals surface area contributed by atoms with E-state index in [1.807, 2.05) is 18.3 Å². The molecule has 1 unspecified atom stereocenters. The molecule has 3 aliphatic rings. The number of benzene rings is 1. The Morgan fingerprint density at radius 1 is 1.16 bits per heavy atom. The van der Waals surface area contributed by atoms with Crippen molar-refractivity contribution in [1.82, 2.24) is 15.3 Å². The van der Waals surface area contributed by atoms with Crippen LogP contribution in [0.4, 0.5) is 11.5 Å². The van der Waals surface area contributed by atoms with E-state index in [4.69, 9.17) is 0 Å². The number of hydrogen-bond donors (Lipinski definition) is 2. The molecule has 2 aliphatic carbocycles. The van der Waals surface area contributed by atoms with E-state index >= 15 is 0 Å². The van der Waals surface area contributed by atoms with Crippen LogP contribution in [0.3, 0.4) is 0 Å². The van der Waals surface area contributed by atoms with E-state index in [1.54, 1.807) is 17.7 Å². The van der Waals surface area contributed by atoms with Crippen LogP contribution in [0.5, 0.6) is 0 Å². The summed E-state index contributed by atoms with van der Waals surface area (Å²) in [7, 11) is 0. The molecule has 31 heavy (non-hydrogen) atoms. The van der Waals surface area contributed by atoms with Crippen molar-refractivity contribution < 1.29 is 4.79 Å². The molecular weight excluding hydrogens is 406 g/mol. The Morgan fingerprint density at radius 3 is 2.90 bits per heavy atom. The van der Waals surface area contributed by atoms with Gasteiger partial charge in [-0.05, 0) is 74.1 Å². The van der Waals surface area contributed by atoms with Gasteiger partial charge in [0.05, 0.1) is 10.7 Å². The molecule has 0 saturated heterocycles. The van der Waals surface area contributed by atoms with E-state index in [9.17, 15) is 4.79 Å². The number of nitrogens with zero attached hydrogens (tertiary/aromatic N) is 3. The number of hydrogen-bond acceptors (Lipinski definition) is 6. The Morgan fingerprint density at radius 2 is 2.10 bits per heavy atom. The molecule has 1 amide bonds. The van der Waals surface area contributed by atoms with Crippen LogP contribution in [0.1, 0.15) is 42.5 Å². The highest BCUT2D eigenvalue weighted by molar-refractivity contribution is 7.19. The lowest BCUT2D eigenvalue weighted by molar-refractivity contribution is -0.121. The number of fused-ring (bicyclic) bond motifs is 4. The second-order valence-corrected chi connectivity index (χ2v) is 10.0. The lowest BCUT2D eigenvalue weighted by Gasteiger charge is -2.22. The van der Waals surface area contributed by atoms with Crippen molar-refractivity contribution >= 4 is 45.2 Å². The van der Waals surface area contributed by atoms with Gasteiger partial charge in [-0.15, -0.1) is 11.3 Å². The van der Waals surface area contributed by atoms with Crippen molar-refractivity contribution in [3.05, 3.63) is 45.5 Å². The van der Waals surface area contributed by atoms with Gasteiger partial charge in [-0.3, -0.25) is 9.79 Å². The summed E-state index contributed by atoms with van der Waals surface area (Å²) in [5.74, 6) is 2.42. The van der Waals surface area contributed by atoms with E-state index in [-0.39, 0.29) is 5.91 Å². The van der Waals surface area contributed by atoms with E-state index in [0.717, 1.165) is 65.1 Å². The summed E-state index contributed by atoms with van der Waals surface area (Å²) < 4.78 is 0. The highest BCUT2D eigenvalue weighted by Gasteiger charge is 2.26. The molecule has 1 aromatic carbocycles. The molecule has 2 aromatic heterocycles. The lowest BCUT2D eigenvalue weighted by Crippen LogP contribution is -2.30. The topological polar surface area (TPSA) is 79.3 Å². The van der Waals surface area contributed by atoms with E-state index in [2.05, 4.69) is 31.7 Å². The smallest absolute Gasteiger partial charge is 0.220 e. The maximum Gasteiger partial charge on any atom is 0.220 e. The predicted octanol–water partition coefficient (Wildman–Crippen LogP) is 3.22. The van der Waals surface area contributed by atoms with Gasteiger partial charge in [0.25, 0.3) is 0 Å². The first-order valence-corrected chi connectivity index (χ1v) is 12.0. The molecule has 7 heteroatoms. The van der Waals surface area contributed by atoms with Gasteiger partial charge >= 0.3 is 0 Å². The van der Waals surface area contributed by atoms with Gasteiger partial charge in [-0.25, -0.2) is 9.97 Å². The van der Waals surface area contributed by atoms with Crippen molar-refractivity contribution in [2.45, 2.75) is 44.9 Å². The molecule has 3 heterocycles. The zero-order chi connectivity index (χ0) is 20.8. The molecule has 2 N–H and O–H groups in total. The first kappa shape index (κ1) is 18.9. The molecule has 1 saturated carbocycles. The van der Waals surface area contributed by atoms with Gasteiger partial charge in [-0.1, -0.05) is 0 Å². The van der Waals surface area contributed by atoms with Crippen LogP contribution in [-0.4, -0.2) is 22.4 Å². The number of amides is 1. The Kier molecular flexibility index (Phi) is 4.71. The van der Waals surface area contributed by atoms with Crippen molar-refractivity contribution in [1.29, 1.82) is 0 Å². The van der Waals surface area contributed by atoms with Crippen molar-refractivity contribution in [3.8, 4) is 0 Å². The Balaban J connectivity index is 1.17. The number of nitrogens with one attached hydrogen (secondary N) is 2. The predicted molar refractivity (Wildman–Crippen MR) is 123 cm³/mol. The molecule has 0 spiro atoms. The zero-order valence-corrected chi connectivity index (χ0v) is 18.2. The molecule has 1 fully saturated rings. The number of aromatic nitrogens is 2. The molecule has 0 radical (unpaired) electrons. The fourth-order valence-electron chi connectivity index (χ4n) is 4.59. The van der Waals surface area contributed by atoms with Crippen LogP contribution in [-0.2, 0) is 17.6 Å². The van der Waals surface area contributed by atoms with Gasteiger partial charge < -0.3 is 10.6 Å². The van der Waals surface area contributed by atoms with Crippen LogP contribution in [0.25, 0.3) is 16.4 Å². The molecule has 158 valence electrons. The van der Waals surface area contributed by atoms with Gasteiger partial charge in [0.15, 0.2) is 0 Å². The fraction of sp³-hybridized carbons (Fsp3) is 0.417. The first-order chi connectivity index (χ1) is 15.2. The minimum Gasteiger partial charge on any atom is -0.356 e. The van der Waals surface area contributed by atoms with Gasteiger partial charge in [0.2, 0.25) is 5.91 Å². The van der Waals surface area contributed by atoms with Crippen molar-refractivity contribution in [2.24, 2.45) is 16.8 Å². The molecular formula is C24H25N5OS. The Hall–Kier alpha value is -2.80. The minimum absolute atomic E-state index is 0.218. The fourth-order valence-corrected chi connectivity index (χ4v) is 5.89. The molecule has 6 rings (SSSR count). The van der Waals surface area contributed by atoms with Crippen molar-refractivity contribution in [2.75, 3.05) is 11.9 Å². The van der Waals surface area contributed by atoms with Gasteiger partial charge in [0.1, 0.15) is 17.0 Å². The highest BCUT2D eigenvalue weighted by atomic mass is 32.1. The summed E-state index contributed by atoms with van der Waals surface area (Å²) in [5, 5.41) is 9.97. The number of anilines is 2. The normalized spacial score (nSPS) is 18.9. The summed E-state index contributed by atoms with van der Waals surface area (Å²) in [6.45, 7) is 0.870. The molecule has 6 nitrogen and oxygen atoms in total. The van der Waals surface area contributed by atoms with Crippen LogP contribution in [0.15, 0.2) is 29.5 Å². The first-order valence-electron chi connectivity index (χ1n) is 11.2. The van der Waals surface area contributed by atoms with Crippen LogP contribution >= 0.6 is 11.3 Å². The zero-order valence-electron chi connectivity index (χ0n) is 17.4. The van der Waals surface area contributed by atoms with Crippen LogP contribution < -0.4 is 21.2 Å². The van der Waals surface area contributed by atoms with Crippen molar-refractivity contribution in [3.63, 3.8) is 0 Å². The summed E-state index contributed by atoms with van der Waals surface area (Å²) >= 11 is 1.79. The maximum absolute atomic E-state index is 12.1. The number of thiophene rings is 1. The summed E-state index contributed by atoms with van der Waals surface area (Å²) in [5.41, 5.74) is 2.42. The Bertz CT molecular complexity index is 1290. The molecule has 1 atom stereocenters. The number of carbonyl (C=O) groups excluding carboxylic acids is 1. The minimum atomic E-state index is 0.218. The molecule has 0 bridgehead atoms. The molecule has 3 aromatic rings. The van der Waals surface area contributed by atoms with Gasteiger partial charge in [0, 0.05) is 34.9 Å². The largest absolute Gasteiger partial charge is 0.356 e. The monoisotopic (exact) mass is 431 g/mol. The number of carbonyl (C=O) groups is 1. The average molecular weight is 432 g/mol. The lowest BCUT2D eigenvalue weighted by atomic mass is 9.85. The second-order valence-electron chi connectivity index (χ2n) is 8.96. The SMILES string of the molecule is O=C(CCC1CCc2c(sc3ncnc(Nc4ccc5c(c4)=CN=5)c23)C1)NCC1CC1. The van der Waals surface area contributed by atoms with Crippen LogP contribution in [0.2, 0.25) is 0 Å². The third kappa shape index (κ3) is 3.82. The van der Waals surface area contributed by atoms with E-state index in [1.165, 1.54) is 28.7 Å². The maximum atomic E-state index is 12.1. The summed E-state index contributed by atoms with van der Waals surface area (Å²) in [6, 6.07) is 6.19. The summed E-state index contributed by atoms with van der Waals surface area (Å²) in [4.78, 5) is 28.0. The number of rotatable bonds is 7. The summed E-state index contributed by atoms with van der Waals surface area (Å²) in [6.07, 6.45) is 10.9.